The average Bonchev–Trinajstić information content (AvgIpc) is 2.77. The first-order valence-corrected chi connectivity index (χ1v) is 10.1. The molecule has 0 spiro atoms. The molecule has 0 bridgehead atoms. The highest BCUT2D eigenvalue weighted by atomic mass is 35.5. The highest BCUT2D eigenvalue weighted by molar-refractivity contribution is 6.31. The lowest BCUT2D eigenvalue weighted by atomic mass is 9.98. The van der Waals surface area contributed by atoms with Crippen molar-refractivity contribution >= 4 is 23.2 Å². The Morgan fingerprint density at radius 2 is 1.61 bits per heavy atom. The number of carbonyl (C=O) groups excluding carboxylic acids is 1. The minimum Gasteiger partial charge on any atom is -0.497 e. The second kappa shape index (κ2) is 10.3. The predicted octanol–water partition coefficient (Wildman–Crippen LogP) is 5.12. The smallest absolute Gasteiger partial charge is 0.238 e. The molecule has 0 saturated heterocycles. The third-order valence-corrected chi connectivity index (χ3v) is 5.28. The summed E-state index contributed by atoms with van der Waals surface area (Å²) in [7, 11) is 3.12. The van der Waals surface area contributed by atoms with Crippen LogP contribution in [-0.4, -0.2) is 26.7 Å². The van der Waals surface area contributed by atoms with Crippen molar-refractivity contribution in [1.82, 2.24) is 5.32 Å². The minimum absolute atomic E-state index is 0.0267. The lowest BCUT2D eigenvalue weighted by Crippen LogP contribution is -2.32. The largest absolute Gasteiger partial charge is 0.497 e. The third-order valence-electron chi connectivity index (χ3n) is 4.87. The maximum absolute atomic E-state index is 13.4. The van der Waals surface area contributed by atoms with E-state index in [-0.39, 0.29) is 24.3 Å². The number of methoxy groups -OCH3 is 2. The predicted molar refractivity (Wildman–Crippen MR) is 121 cm³/mol. The SMILES string of the molecule is COc1ccc(C(NCC(=O)Nc2cc(C)c(Cl)cc2OC)c2ccc(F)cc2)cc1. The molecule has 1 unspecified atom stereocenters. The van der Waals surface area contributed by atoms with Gasteiger partial charge in [-0.25, -0.2) is 4.39 Å². The number of halogens is 2. The van der Waals surface area contributed by atoms with Crippen molar-refractivity contribution < 1.29 is 18.7 Å². The molecule has 162 valence electrons. The van der Waals surface area contributed by atoms with E-state index in [0.717, 1.165) is 22.4 Å². The minimum atomic E-state index is -0.319. The molecule has 3 rings (SSSR count). The van der Waals surface area contributed by atoms with Crippen LogP contribution < -0.4 is 20.1 Å². The van der Waals surface area contributed by atoms with Crippen molar-refractivity contribution in [3.05, 3.63) is 88.2 Å². The van der Waals surface area contributed by atoms with Crippen molar-refractivity contribution in [2.75, 3.05) is 26.1 Å². The van der Waals surface area contributed by atoms with Gasteiger partial charge in [0.25, 0.3) is 0 Å². The summed E-state index contributed by atoms with van der Waals surface area (Å²) in [6.45, 7) is 1.88. The normalized spacial score (nSPS) is 11.6. The van der Waals surface area contributed by atoms with Crippen LogP contribution in [0.1, 0.15) is 22.7 Å². The number of nitrogens with one attached hydrogen (secondary N) is 2. The molecule has 7 heteroatoms. The molecule has 0 aliphatic heterocycles. The number of hydrogen-bond donors (Lipinski definition) is 2. The molecular weight excluding hydrogens is 419 g/mol. The van der Waals surface area contributed by atoms with Gasteiger partial charge in [-0.15, -0.1) is 0 Å². The lowest BCUT2D eigenvalue weighted by molar-refractivity contribution is -0.115. The number of anilines is 1. The Hall–Kier alpha value is -3.09. The molecule has 3 aromatic rings. The Kier molecular flexibility index (Phi) is 7.50. The molecule has 1 atom stereocenters. The van der Waals surface area contributed by atoms with E-state index in [9.17, 15) is 9.18 Å². The lowest BCUT2D eigenvalue weighted by Gasteiger charge is -2.20. The molecule has 0 aliphatic carbocycles. The molecular formula is C24H24ClFN2O3. The average molecular weight is 443 g/mol. The molecule has 3 aromatic carbocycles. The van der Waals surface area contributed by atoms with Crippen LogP contribution >= 0.6 is 11.6 Å². The summed E-state index contributed by atoms with van der Waals surface area (Å²) in [5.41, 5.74) is 3.12. The monoisotopic (exact) mass is 442 g/mol. The van der Waals surface area contributed by atoms with Gasteiger partial charge in [-0.3, -0.25) is 10.1 Å². The second-order valence-electron chi connectivity index (χ2n) is 6.99. The van der Waals surface area contributed by atoms with E-state index in [1.165, 1.54) is 19.2 Å². The van der Waals surface area contributed by atoms with Gasteiger partial charge < -0.3 is 14.8 Å². The number of aryl methyl sites for hydroxylation is 1. The zero-order valence-corrected chi connectivity index (χ0v) is 18.3. The van der Waals surface area contributed by atoms with Crippen molar-refractivity contribution in [2.24, 2.45) is 0 Å². The quantitative estimate of drug-likeness (QED) is 0.508. The molecule has 0 fully saturated rings. The topological polar surface area (TPSA) is 59.6 Å². The maximum Gasteiger partial charge on any atom is 0.238 e. The van der Waals surface area contributed by atoms with Gasteiger partial charge >= 0.3 is 0 Å². The first-order valence-electron chi connectivity index (χ1n) is 9.68. The Labute approximate surface area is 186 Å². The van der Waals surface area contributed by atoms with E-state index in [1.807, 2.05) is 31.2 Å². The van der Waals surface area contributed by atoms with Gasteiger partial charge in [0, 0.05) is 11.1 Å². The number of benzene rings is 3. The Balaban J connectivity index is 1.77. The van der Waals surface area contributed by atoms with Gasteiger partial charge in [0.05, 0.1) is 32.5 Å². The first kappa shape index (κ1) is 22.6. The number of ether oxygens (including phenoxy) is 2. The van der Waals surface area contributed by atoms with Crippen molar-refractivity contribution in [1.29, 1.82) is 0 Å². The molecule has 0 aromatic heterocycles. The summed E-state index contributed by atoms with van der Waals surface area (Å²) in [4.78, 5) is 12.7. The standard InChI is InChI=1S/C24H24ClFN2O3/c1-15-12-21(22(31-3)13-20(15)25)28-23(29)14-27-24(16-4-8-18(26)9-5-16)17-6-10-19(30-2)11-7-17/h4-13,24,27H,14H2,1-3H3,(H,28,29). The molecule has 31 heavy (non-hydrogen) atoms. The number of amides is 1. The Morgan fingerprint density at radius 1 is 1.00 bits per heavy atom. The van der Waals surface area contributed by atoms with Crippen LogP contribution in [0.25, 0.3) is 0 Å². The van der Waals surface area contributed by atoms with Gasteiger partial charge in [-0.2, -0.15) is 0 Å². The van der Waals surface area contributed by atoms with Crippen LogP contribution in [0.5, 0.6) is 11.5 Å². The summed E-state index contributed by atoms with van der Waals surface area (Å²) >= 11 is 6.13. The van der Waals surface area contributed by atoms with E-state index in [0.29, 0.717) is 16.5 Å². The van der Waals surface area contributed by atoms with Crippen LogP contribution in [0.2, 0.25) is 5.02 Å². The van der Waals surface area contributed by atoms with Crippen molar-refractivity contribution in [2.45, 2.75) is 13.0 Å². The molecule has 5 nitrogen and oxygen atoms in total. The first-order chi connectivity index (χ1) is 14.9. The molecule has 2 N–H and O–H groups in total. The van der Waals surface area contributed by atoms with Crippen LogP contribution in [0.4, 0.5) is 10.1 Å². The maximum atomic E-state index is 13.4. The van der Waals surface area contributed by atoms with Crippen LogP contribution in [0.15, 0.2) is 60.7 Å². The van der Waals surface area contributed by atoms with E-state index < -0.39 is 0 Å². The van der Waals surface area contributed by atoms with Crippen molar-refractivity contribution in [3.8, 4) is 11.5 Å². The van der Waals surface area contributed by atoms with Gasteiger partial charge in [0.1, 0.15) is 17.3 Å². The van der Waals surface area contributed by atoms with E-state index in [2.05, 4.69) is 10.6 Å². The summed E-state index contributed by atoms with van der Waals surface area (Å²) in [6, 6.07) is 16.8. The summed E-state index contributed by atoms with van der Waals surface area (Å²) in [5, 5.41) is 6.66. The highest BCUT2D eigenvalue weighted by Crippen LogP contribution is 2.31. The number of carbonyl (C=O) groups is 1. The van der Waals surface area contributed by atoms with Crippen LogP contribution in [0, 0.1) is 12.7 Å². The molecule has 1 amide bonds. The Morgan fingerprint density at radius 3 is 2.19 bits per heavy atom. The van der Waals surface area contributed by atoms with E-state index in [4.69, 9.17) is 21.1 Å². The van der Waals surface area contributed by atoms with Gasteiger partial charge in [0.15, 0.2) is 0 Å². The van der Waals surface area contributed by atoms with Crippen LogP contribution in [0.3, 0.4) is 0 Å². The van der Waals surface area contributed by atoms with Gasteiger partial charge in [-0.1, -0.05) is 35.9 Å². The molecule has 0 radical (unpaired) electrons. The fraction of sp³-hybridized carbons (Fsp3) is 0.208. The van der Waals surface area contributed by atoms with E-state index >= 15 is 0 Å². The number of hydrogen-bond acceptors (Lipinski definition) is 4. The fourth-order valence-electron chi connectivity index (χ4n) is 3.20. The van der Waals surface area contributed by atoms with Gasteiger partial charge in [-0.05, 0) is 53.9 Å². The Bertz CT molecular complexity index is 1040. The molecule has 0 saturated carbocycles. The van der Waals surface area contributed by atoms with E-state index in [1.54, 1.807) is 31.4 Å². The second-order valence-corrected chi connectivity index (χ2v) is 7.40. The number of rotatable bonds is 8. The van der Waals surface area contributed by atoms with Crippen LogP contribution in [-0.2, 0) is 4.79 Å². The molecule has 0 heterocycles. The zero-order chi connectivity index (χ0) is 22.4. The fourth-order valence-corrected chi connectivity index (χ4v) is 3.35. The molecule has 0 aliphatic rings. The summed E-state index contributed by atoms with van der Waals surface area (Å²) in [6.07, 6.45) is 0. The summed E-state index contributed by atoms with van der Waals surface area (Å²) < 4.78 is 23.9. The highest BCUT2D eigenvalue weighted by Gasteiger charge is 2.17. The van der Waals surface area contributed by atoms with Gasteiger partial charge in [0.2, 0.25) is 5.91 Å². The summed E-state index contributed by atoms with van der Waals surface area (Å²) in [5.74, 6) is 0.638. The zero-order valence-electron chi connectivity index (χ0n) is 17.5. The van der Waals surface area contributed by atoms with Crippen molar-refractivity contribution in [3.63, 3.8) is 0 Å². The third kappa shape index (κ3) is 5.75.